The van der Waals surface area contributed by atoms with Gasteiger partial charge >= 0.3 is 0 Å². The number of fused-ring (bicyclic) bond motifs is 1. The molecule has 0 fully saturated rings. The van der Waals surface area contributed by atoms with Gasteiger partial charge in [-0.1, -0.05) is 44.2 Å². The van der Waals surface area contributed by atoms with Gasteiger partial charge in [-0.2, -0.15) is 0 Å². The molecular weight excluding hydrogens is 463 g/mol. The van der Waals surface area contributed by atoms with E-state index in [2.05, 4.69) is 76.5 Å². The average molecular weight is 496 g/mol. The zero-order valence-corrected chi connectivity index (χ0v) is 19.6. The van der Waals surface area contributed by atoms with Crippen molar-refractivity contribution in [1.82, 2.24) is 25.4 Å². The molecule has 3 rings (SSSR count). The SMILES string of the molecule is CCNC(=NCc1nnc2n1CCC2)NCC(CC)(CC)c1ccccc1.I. The van der Waals surface area contributed by atoms with E-state index in [9.17, 15) is 0 Å². The number of aliphatic imine (C=N–C) groups is 1. The van der Waals surface area contributed by atoms with E-state index in [0.29, 0.717) is 6.54 Å². The number of halogens is 1. The van der Waals surface area contributed by atoms with Gasteiger partial charge in [0.05, 0.1) is 0 Å². The number of hydrogen-bond donors (Lipinski definition) is 2. The molecule has 28 heavy (non-hydrogen) atoms. The van der Waals surface area contributed by atoms with E-state index >= 15 is 0 Å². The van der Waals surface area contributed by atoms with Gasteiger partial charge in [-0.3, -0.25) is 0 Å². The lowest BCUT2D eigenvalue weighted by molar-refractivity contribution is 0.389. The summed E-state index contributed by atoms with van der Waals surface area (Å²) in [6.45, 7) is 9.88. The van der Waals surface area contributed by atoms with Gasteiger partial charge in [-0.25, -0.2) is 4.99 Å². The number of aryl methyl sites for hydroxylation is 1. The van der Waals surface area contributed by atoms with Crippen LogP contribution < -0.4 is 10.6 Å². The standard InChI is InChI=1S/C21H32N6.HI/c1-4-21(5-2,17-11-8-7-9-12-17)16-24-20(22-6-3)23-15-19-26-25-18-13-10-14-27(18)19;/h7-9,11-12H,4-6,10,13-16H2,1-3H3,(H2,22,23,24);1H. The fourth-order valence-electron chi connectivity index (χ4n) is 3.87. The normalized spacial score (nSPS) is 13.8. The van der Waals surface area contributed by atoms with E-state index in [4.69, 9.17) is 4.99 Å². The molecule has 6 nitrogen and oxygen atoms in total. The Balaban J connectivity index is 0.00000280. The predicted molar refractivity (Wildman–Crippen MR) is 125 cm³/mol. The van der Waals surface area contributed by atoms with Crippen molar-refractivity contribution in [2.24, 2.45) is 4.99 Å². The van der Waals surface area contributed by atoms with E-state index in [1.165, 1.54) is 5.56 Å². The minimum atomic E-state index is 0. The largest absolute Gasteiger partial charge is 0.357 e. The van der Waals surface area contributed by atoms with Gasteiger partial charge in [-0.15, -0.1) is 34.2 Å². The fourth-order valence-corrected chi connectivity index (χ4v) is 3.87. The van der Waals surface area contributed by atoms with E-state index in [-0.39, 0.29) is 29.4 Å². The van der Waals surface area contributed by atoms with Crippen LogP contribution in [0.25, 0.3) is 0 Å². The number of rotatable bonds is 8. The first-order valence-corrected chi connectivity index (χ1v) is 10.2. The highest BCUT2D eigenvalue weighted by atomic mass is 127. The second-order valence-corrected chi connectivity index (χ2v) is 7.19. The van der Waals surface area contributed by atoms with Gasteiger partial charge in [0.1, 0.15) is 12.4 Å². The molecule has 1 aliphatic heterocycles. The molecular formula is C21H33IN6. The third kappa shape index (κ3) is 5.04. The van der Waals surface area contributed by atoms with Crippen LogP contribution in [0.15, 0.2) is 35.3 Å². The molecule has 0 atom stereocenters. The lowest BCUT2D eigenvalue weighted by Gasteiger charge is -2.33. The van der Waals surface area contributed by atoms with E-state index in [1.807, 2.05) is 0 Å². The summed E-state index contributed by atoms with van der Waals surface area (Å²) >= 11 is 0. The summed E-state index contributed by atoms with van der Waals surface area (Å²) in [7, 11) is 0. The molecule has 7 heteroatoms. The smallest absolute Gasteiger partial charge is 0.191 e. The Kier molecular flexibility index (Phi) is 8.72. The molecule has 0 amide bonds. The van der Waals surface area contributed by atoms with Crippen LogP contribution >= 0.6 is 24.0 Å². The maximum Gasteiger partial charge on any atom is 0.191 e. The van der Waals surface area contributed by atoms with E-state index in [1.54, 1.807) is 0 Å². The Labute approximate surface area is 185 Å². The van der Waals surface area contributed by atoms with Gasteiger partial charge in [-0.05, 0) is 31.7 Å². The minimum absolute atomic E-state index is 0. The number of aromatic nitrogens is 3. The molecule has 0 bridgehead atoms. The Bertz CT molecular complexity index is 752. The van der Waals surface area contributed by atoms with E-state index in [0.717, 1.165) is 62.9 Å². The van der Waals surface area contributed by atoms with Crippen LogP contribution in [0.1, 0.15) is 57.2 Å². The maximum absolute atomic E-state index is 4.77. The molecule has 0 saturated heterocycles. The summed E-state index contributed by atoms with van der Waals surface area (Å²) in [5.74, 6) is 2.90. The van der Waals surface area contributed by atoms with Crippen LogP contribution in [-0.4, -0.2) is 33.8 Å². The highest BCUT2D eigenvalue weighted by molar-refractivity contribution is 14.0. The fraction of sp³-hybridized carbons (Fsp3) is 0.571. The Morgan fingerprint density at radius 1 is 1.11 bits per heavy atom. The molecule has 0 aliphatic carbocycles. The molecule has 0 radical (unpaired) electrons. The average Bonchev–Trinajstić information content (AvgIpc) is 3.32. The van der Waals surface area contributed by atoms with Crippen molar-refractivity contribution >= 4 is 29.9 Å². The topological polar surface area (TPSA) is 67.1 Å². The van der Waals surface area contributed by atoms with Gasteiger partial charge in [0, 0.05) is 31.5 Å². The van der Waals surface area contributed by atoms with Crippen LogP contribution in [0.4, 0.5) is 0 Å². The van der Waals surface area contributed by atoms with Crippen molar-refractivity contribution in [3.63, 3.8) is 0 Å². The Morgan fingerprint density at radius 3 is 2.54 bits per heavy atom. The van der Waals surface area contributed by atoms with Crippen molar-refractivity contribution in [3.8, 4) is 0 Å². The van der Waals surface area contributed by atoms with Crippen LogP contribution in [-0.2, 0) is 24.9 Å². The third-order valence-electron chi connectivity index (χ3n) is 5.74. The number of hydrogen-bond acceptors (Lipinski definition) is 3. The zero-order chi connectivity index (χ0) is 19.1. The predicted octanol–water partition coefficient (Wildman–Crippen LogP) is 3.66. The van der Waals surface area contributed by atoms with Crippen molar-refractivity contribution in [2.75, 3.05) is 13.1 Å². The molecule has 1 aromatic heterocycles. The van der Waals surface area contributed by atoms with Gasteiger partial charge in [0.2, 0.25) is 0 Å². The van der Waals surface area contributed by atoms with Crippen molar-refractivity contribution in [1.29, 1.82) is 0 Å². The Morgan fingerprint density at radius 2 is 1.86 bits per heavy atom. The second kappa shape index (κ2) is 10.8. The molecule has 1 aliphatic rings. The molecule has 2 aromatic rings. The second-order valence-electron chi connectivity index (χ2n) is 7.19. The summed E-state index contributed by atoms with van der Waals surface area (Å²) < 4.78 is 2.21. The summed E-state index contributed by atoms with van der Waals surface area (Å²) in [5.41, 5.74) is 1.49. The first-order chi connectivity index (χ1) is 13.2. The molecule has 2 heterocycles. The van der Waals surface area contributed by atoms with E-state index < -0.39 is 0 Å². The molecule has 1 aromatic carbocycles. The highest BCUT2D eigenvalue weighted by Gasteiger charge is 2.28. The number of nitrogens with zero attached hydrogens (tertiary/aromatic N) is 4. The third-order valence-corrected chi connectivity index (χ3v) is 5.74. The zero-order valence-electron chi connectivity index (χ0n) is 17.2. The van der Waals surface area contributed by atoms with Crippen LogP contribution in [0.3, 0.4) is 0 Å². The summed E-state index contributed by atoms with van der Waals surface area (Å²) in [6.07, 6.45) is 4.35. The van der Waals surface area contributed by atoms with Gasteiger partial charge in [0.25, 0.3) is 0 Å². The molecule has 0 spiro atoms. The molecule has 2 N–H and O–H groups in total. The maximum atomic E-state index is 4.77. The first-order valence-electron chi connectivity index (χ1n) is 10.2. The summed E-state index contributed by atoms with van der Waals surface area (Å²) in [6, 6.07) is 10.8. The van der Waals surface area contributed by atoms with Gasteiger partial charge < -0.3 is 15.2 Å². The molecule has 154 valence electrons. The summed E-state index contributed by atoms with van der Waals surface area (Å²) in [4.78, 5) is 4.77. The first kappa shape index (κ1) is 22.6. The summed E-state index contributed by atoms with van der Waals surface area (Å²) in [5, 5.41) is 15.5. The van der Waals surface area contributed by atoms with Crippen molar-refractivity contribution < 1.29 is 0 Å². The number of nitrogens with one attached hydrogen (secondary N) is 2. The molecule has 0 saturated carbocycles. The van der Waals surface area contributed by atoms with Crippen molar-refractivity contribution in [3.05, 3.63) is 47.5 Å². The van der Waals surface area contributed by atoms with Crippen LogP contribution in [0, 0.1) is 0 Å². The van der Waals surface area contributed by atoms with Gasteiger partial charge in [0.15, 0.2) is 11.8 Å². The quantitative estimate of drug-likeness (QED) is 0.333. The lowest BCUT2D eigenvalue weighted by atomic mass is 9.76. The monoisotopic (exact) mass is 496 g/mol. The Hall–Kier alpha value is -1.64. The highest BCUT2D eigenvalue weighted by Crippen LogP contribution is 2.30. The lowest BCUT2D eigenvalue weighted by Crippen LogP contribution is -2.45. The van der Waals surface area contributed by atoms with Crippen LogP contribution in [0.5, 0.6) is 0 Å². The van der Waals surface area contributed by atoms with Crippen molar-refractivity contribution in [2.45, 2.75) is 65.0 Å². The minimum Gasteiger partial charge on any atom is -0.357 e. The molecule has 0 unspecified atom stereocenters. The number of benzene rings is 1. The van der Waals surface area contributed by atoms with Crippen LogP contribution in [0.2, 0.25) is 0 Å². The number of guanidine groups is 1.